The zero-order chi connectivity index (χ0) is 21.2. The number of nitrogens with zero attached hydrogens (tertiary/aromatic N) is 1. The molecule has 0 saturated heterocycles. The molecule has 29 heavy (non-hydrogen) atoms. The van der Waals surface area contributed by atoms with Crippen molar-refractivity contribution in [1.29, 1.82) is 0 Å². The first-order chi connectivity index (χ1) is 13.6. The first-order valence-corrected chi connectivity index (χ1v) is 9.58. The van der Waals surface area contributed by atoms with E-state index in [1.807, 2.05) is 0 Å². The summed E-state index contributed by atoms with van der Waals surface area (Å²) in [5.74, 6) is -1.66. The van der Waals surface area contributed by atoms with Crippen molar-refractivity contribution in [2.75, 3.05) is 18.5 Å². The van der Waals surface area contributed by atoms with Gasteiger partial charge in [0.25, 0.3) is 5.91 Å². The third-order valence-corrected chi connectivity index (χ3v) is 5.13. The number of halogens is 3. The Morgan fingerprint density at radius 3 is 2.28 bits per heavy atom. The fourth-order valence-electron chi connectivity index (χ4n) is 3.06. The Hall–Kier alpha value is -2.58. The van der Waals surface area contributed by atoms with Gasteiger partial charge in [0.15, 0.2) is 6.61 Å². The quantitative estimate of drug-likeness (QED) is 0.665. The maximum absolute atomic E-state index is 12.8. The highest BCUT2D eigenvalue weighted by molar-refractivity contribution is 5.95. The average Bonchev–Trinajstić information content (AvgIpc) is 3.55. The van der Waals surface area contributed by atoms with Crippen LogP contribution in [0.25, 0.3) is 0 Å². The molecule has 2 aliphatic rings. The molecule has 2 amide bonds. The van der Waals surface area contributed by atoms with E-state index < -0.39 is 37.2 Å². The zero-order valence-corrected chi connectivity index (χ0v) is 16.0. The third-order valence-electron chi connectivity index (χ3n) is 5.13. The van der Waals surface area contributed by atoms with Gasteiger partial charge < -0.3 is 15.0 Å². The second-order valence-corrected chi connectivity index (χ2v) is 7.63. The predicted octanol–water partition coefficient (Wildman–Crippen LogP) is 3.38. The summed E-state index contributed by atoms with van der Waals surface area (Å²) < 4.78 is 43.4. The molecule has 1 aromatic carbocycles. The Morgan fingerprint density at radius 2 is 1.76 bits per heavy atom. The van der Waals surface area contributed by atoms with Crippen LogP contribution in [0.5, 0.6) is 0 Å². The first-order valence-electron chi connectivity index (χ1n) is 9.58. The Kier molecular flexibility index (Phi) is 6.14. The van der Waals surface area contributed by atoms with E-state index >= 15 is 0 Å². The standard InChI is InChI=1S/C20H23F3N2O4/c1-12(13-2-3-13)25(11-20(21,22)23)17(26)10-29-19(28)15-6-8-16(9-7-15)24-18(27)14-4-5-14/h6-9,12-14H,2-5,10-11H2,1H3,(H,24,27). The normalized spacial score (nSPS) is 17.4. The second kappa shape index (κ2) is 8.42. The lowest BCUT2D eigenvalue weighted by Crippen LogP contribution is -2.47. The molecule has 1 unspecified atom stereocenters. The molecule has 0 bridgehead atoms. The van der Waals surface area contributed by atoms with Gasteiger partial charge in [-0.25, -0.2) is 4.79 Å². The monoisotopic (exact) mass is 412 g/mol. The summed E-state index contributed by atoms with van der Waals surface area (Å²) in [6.45, 7) is -0.541. The molecule has 0 radical (unpaired) electrons. The van der Waals surface area contributed by atoms with Gasteiger partial charge >= 0.3 is 12.1 Å². The molecule has 0 aromatic heterocycles. The molecule has 1 aromatic rings. The van der Waals surface area contributed by atoms with Crippen LogP contribution in [-0.2, 0) is 14.3 Å². The maximum Gasteiger partial charge on any atom is 0.406 e. The molecular formula is C20H23F3N2O4. The highest BCUT2D eigenvalue weighted by Gasteiger charge is 2.40. The largest absolute Gasteiger partial charge is 0.452 e. The van der Waals surface area contributed by atoms with Gasteiger partial charge in [0, 0.05) is 17.6 Å². The van der Waals surface area contributed by atoms with Gasteiger partial charge in [-0.05, 0) is 62.8 Å². The summed E-state index contributed by atoms with van der Waals surface area (Å²) in [5.41, 5.74) is 0.670. The van der Waals surface area contributed by atoms with Crippen molar-refractivity contribution in [3.63, 3.8) is 0 Å². The van der Waals surface area contributed by atoms with Gasteiger partial charge in [0.05, 0.1) is 5.56 Å². The number of rotatable bonds is 8. The average molecular weight is 412 g/mol. The lowest BCUT2D eigenvalue weighted by atomic mass is 10.2. The summed E-state index contributed by atoms with van der Waals surface area (Å²) in [5, 5.41) is 2.73. The van der Waals surface area contributed by atoms with E-state index in [0.29, 0.717) is 5.69 Å². The van der Waals surface area contributed by atoms with Crippen LogP contribution in [0.1, 0.15) is 43.0 Å². The van der Waals surface area contributed by atoms with Crippen LogP contribution >= 0.6 is 0 Å². The van der Waals surface area contributed by atoms with Gasteiger partial charge in [0.1, 0.15) is 6.54 Å². The van der Waals surface area contributed by atoms with Crippen LogP contribution in [-0.4, -0.2) is 48.1 Å². The summed E-state index contributed by atoms with van der Waals surface area (Å²) in [4.78, 5) is 36.9. The van der Waals surface area contributed by atoms with Crippen LogP contribution < -0.4 is 5.32 Å². The molecule has 3 rings (SSSR count). The smallest absolute Gasteiger partial charge is 0.406 e. The Balaban J connectivity index is 1.53. The van der Waals surface area contributed by atoms with Gasteiger partial charge in [-0.15, -0.1) is 0 Å². The fourth-order valence-corrected chi connectivity index (χ4v) is 3.06. The van der Waals surface area contributed by atoms with Crippen molar-refractivity contribution < 1.29 is 32.3 Å². The maximum atomic E-state index is 12.8. The number of benzene rings is 1. The Labute approximate surface area is 166 Å². The van der Waals surface area contributed by atoms with E-state index in [2.05, 4.69) is 5.32 Å². The number of esters is 1. The van der Waals surface area contributed by atoms with Gasteiger partial charge in [-0.2, -0.15) is 13.2 Å². The Morgan fingerprint density at radius 1 is 1.14 bits per heavy atom. The number of anilines is 1. The number of nitrogens with one attached hydrogen (secondary N) is 1. The summed E-state index contributed by atoms with van der Waals surface area (Å²) in [7, 11) is 0. The Bertz CT molecular complexity index is 771. The van der Waals surface area contributed by atoms with Gasteiger partial charge in [0.2, 0.25) is 5.91 Å². The molecule has 0 aliphatic heterocycles. The molecule has 2 fully saturated rings. The third kappa shape index (κ3) is 6.20. The highest BCUT2D eigenvalue weighted by atomic mass is 19.4. The van der Waals surface area contributed by atoms with Crippen LogP contribution in [0.15, 0.2) is 24.3 Å². The minimum Gasteiger partial charge on any atom is -0.452 e. The summed E-state index contributed by atoms with van der Waals surface area (Å²) in [6.07, 6.45) is -1.22. The molecule has 2 aliphatic carbocycles. The number of ether oxygens (including phenoxy) is 1. The van der Waals surface area contributed by atoms with E-state index in [1.54, 1.807) is 6.92 Å². The number of carbonyl (C=O) groups excluding carboxylic acids is 3. The molecule has 6 nitrogen and oxygen atoms in total. The molecule has 1 N–H and O–H groups in total. The van der Waals surface area contributed by atoms with Crippen LogP contribution in [0.3, 0.4) is 0 Å². The van der Waals surface area contributed by atoms with E-state index in [4.69, 9.17) is 4.74 Å². The van der Waals surface area contributed by atoms with Crippen molar-refractivity contribution in [3.05, 3.63) is 29.8 Å². The first kappa shape index (κ1) is 21.1. The minimum atomic E-state index is -4.52. The van der Waals surface area contributed by atoms with Crippen LogP contribution in [0.2, 0.25) is 0 Å². The second-order valence-electron chi connectivity index (χ2n) is 7.63. The van der Waals surface area contributed by atoms with E-state index in [1.165, 1.54) is 24.3 Å². The number of hydrogen-bond donors (Lipinski definition) is 1. The van der Waals surface area contributed by atoms with E-state index in [-0.39, 0.29) is 23.3 Å². The number of hydrogen-bond acceptors (Lipinski definition) is 4. The van der Waals surface area contributed by atoms with Crippen LogP contribution in [0, 0.1) is 11.8 Å². The highest BCUT2D eigenvalue weighted by Crippen LogP contribution is 2.36. The summed E-state index contributed by atoms with van der Waals surface area (Å²) in [6, 6.07) is 5.36. The van der Waals surface area contributed by atoms with Crippen molar-refractivity contribution in [2.45, 2.75) is 44.8 Å². The molecule has 2 saturated carbocycles. The van der Waals surface area contributed by atoms with E-state index in [0.717, 1.165) is 30.6 Å². The minimum absolute atomic E-state index is 0.0447. The lowest BCUT2D eigenvalue weighted by Gasteiger charge is -2.30. The molecule has 0 spiro atoms. The molecule has 9 heteroatoms. The van der Waals surface area contributed by atoms with Crippen molar-refractivity contribution in [3.8, 4) is 0 Å². The van der Waals surface area contributed by atoms with Gasteiger partial charge in [-0.1, -0.05) is 0 Å². The molecule has 0 heterocycles. The lowest BCUT2D eigenvalue weighted by molar-refractivity contribution is -0.167. The van der Waals surface area contributed by atoms with Crippen molar-refractivity contribution in [2.24, 2.45) is 11.8 Å². The fraction of sp³-hybridized carbons (Fsp3) is 0.550. The van der Waals surface area contributed by atoms with Crippen molar-refractivity contribution in [1.82, 2.24) is 4.90 Å². The number of amides is 2. The molecular weight excluding hydrogens is 389 g/mol. The molecule has 158 valence electrons. The van der Waals surface area contributed by atoms with Gasteiger partial charge in [-0.3, -0.25) is 9.59 Å². The molecule has 1 atom stereocenters. The number of alkyl halides is 3. The number of carbonyl (C=O) groups is 3. The van der Waals surface area contributed by atoms with Crippen LogP contribution in [0.4, 0.5) is 18.9 Å². The summed E-state index contributed by atoms with van der Waals surface area (Å²) >= 11 is 0. The zero-order valence-electron chi connectivity index (χ0n) is 16.0. The predicted molar refractivity (Wildman–Crippen MR) is 98.0 cm³/mol. The SMILES string of the molecule is CC(C1CC1)N(CC(F)(F)F)C(=O)COC(=O)c1ccc(NC(=O)C2CC2)cc1. The van der Waals surface area contributed by atoms with Crippen molar-refractivity contribution >= 4 is 23.5 Å². The topological polar surface area (TPSA) is 75.7 Å². The van der Waals surface area contributed by atoms with E-state index in [9.17, 15) is 27.6 Å².